The Bertz CT molecular complexity index is 611. The van der Waals surface area contributed by atoms with Crippen LogP contribution < -0.4 is 10.0 Å². The van der Waals surface area contributed by atoms with Crippen LogP contribution in [0.3, 0.4) is 0 Å². The van der Waals surface area contributed by atoms with Crippen molar-refractivity contribution in [2.75, 3.05) is 0 Å². The van der Waals surface area contributed by atoms with Gasteiger partial charge in [-0.2, -0.15) is 4.72 Å². The Labute approximate surface area is 104 Å². The number of hydrogen-bond acceptors (Lipinski definition) is 4. The van der Waals surface area contributed by atoms with Gasteiger partial charge in [-0.15, -0.1) is 0 Å². The fourth-order valence-corrected chi connectivity index (χ4v) is 3.74. The Morgan fingerprint density at radius 1 is 1.50 bits per heavy atom. The Morgan fingerprint density at radius 3 is 2.78 bits per heavy atom. The molecule has 6 nitrogen and oxygen atoms in total. The number of piperidine rings is 2. The van der Waals surface area contributed by atoms with E-state index in [-0.39, 0.29) is 16.7 Å². The maximum Gasteiger partial charge on any atom is 0.245 e. The van der Waals surface area contributed by atoms with Crippen LogP contribution in [0.5, 0.6) is 0 Å². The molecule has 0 aromatic carbocycles. The van der Waals surface area contributed by atoms with Crippen LogP contribution >= 0.6 is 0 Å². The smallest absolute Gasteiger partial charge is 0.245 e. The van der Waals surface area contributed by atoms with E-state index >= 15 is 0 Å². The Morgan fingerprint density at radius 2 is 2.22 bits per heavy atom. The van der Waals surface area contributed by atoms with Gasteiger partial charge in [-0.05, 0) is 18.9 Å². The van der Waals surface area contributed by atoms with Crippen molar-refractivity contribution in [3.8, 4) is 0 Å². The first-order valence-electron chi connectivity index (χ1n) is 5.49. The molecule has 7 heteroatoms. The number of carbonyl (C=O) groups excluding carboxylic acids is 1. The van der Waals surface area contributed by atoms with Gasteiger partial charge < -0.3 is 9.73 Å². The van der Waals surface area contributed by atoms with E-state index in [4.69, 9.17) is 4.42 Å². The first-order chi connectivity index (χ1) is 8.43. The first kappa shape index (κ1) is 11.5. The van der Waals surface area contributed by atoms with E-state index in [0.29, 0.717) is 18.5 Å². The second-order valence-electron chi connectivity index (χ2n) is 4.73. The van der Waals surface area contributed by atoms with Crippen LogP contribution in [0.25, 0.3) is 0 Å². The maximum atomic E-state index is 12.0. The standard InChI is InChI=1S/C11H12N2O4S/c1-7-8-4-11(5-8,10(14)12-7)13-18(15,16)9-2-3-17-6-9/h2-3,6,8,13H,1,4-5H2,(H,12,14). The van der Waals surface area contributed by atoms with Crippen LogP contribution in [0.1, 0.15) is 12.8 Å². The van der Waals surface area contributed by atoms with Crippen molar-refractivity contribution in [2.45, 2.75) is 23.3 Å². The van der Waals surface area contributed by atoms with Crippen LogP contribution in [0.2, 0.25) is 0 Å². The Hall–Kier alpha value is -1.60. The number of allylic oxidation sites excluding steroid dienone is 1. The lowest BCUT2D eigenvalue weighted by molar-refractivity contribution is -0.134. The third-order valence-electron chi connectivity index (χ3n) is 3.53. The summed E-state index contributed by atoms with van der Waals surface area (Å²) >= 11 is 0. The first-order valence-corrected chi connectivity index (χ1v) is 6.98. The van der Waals surface area contributed by atoms with Gasteiger partial charge in [0.25, 0.3) is 0 Å². The predicted molar refractivity (Wildman–Crippen MR) is 61.8 cm³/mol. The Balaban J connectivity index is 1.87. The van der Waals surface area contributed by atoms with Gasteiger partial charge in [-0.3, -0.25) is 4.79 Å². The summed E-state index contributed by atoms with van der Waals surface area (Å²) in [5, 5.41) is 2.60. The van der Waals surface area contributed by atoms with Gasteiger partial charge in [0.15, 0.2) is 0 Å². The van der Waals surface area contributed by atoms with Crippen molar-refractivity contribution in [1.29, 1.82) is 0 Å². The quantitative estimate of drug-likeness (QED) is 0.828. The summed E-state index contributed by atoms with van der Waals surface area (Å²) in [6.07, 6.45) is 3.34. The van der Waals surface area contributed by atoms with E-state index < -0.39 is 15.6 Å². The zero-order valence-electron chi connectivity index (χ0n) is 9.47. The second-order valence-corrected chi connectivity index (χ2v) is 6.41. The van der Waals surface area contributed by atoms with Crippen LogP contribution in [-0.4, -0.2) is 19.9 Å². The predicted octanol–water partition coefficient (Wildman–Crippen LogP) is 0.350. The van der Waals surface area contributed by atoms with Gasteiger partial charge >= 0.3 is 0 Å². The summed E-state index contributed by atoms with van der Waals surface area (Å²) < 4.78 is 31.3. The molecule has 2 aliphatic heterocycles. The maximum absolute atomic E-state index is 12.0. The summed E-state index contributed by atoms with van der Waals surface area (Å²) in [6, 6.07) is 1.34. The van der Waals surface area contributed by atoms with Crippen molar-refractivity contribution < 1.29 is 17.6 Å². The molecule has 2 saturated heterocycles. The van der Waals surface area contributed by atoms with Crippen molar-refractivity contribution in [3.05, 3.63) is 30.9 Å². The molecule has 96 valence electrons. The molecule has 1 amide bonds. The fraction of sp³-hybridized carbons (Fsp3) is 0.364. The van der Waals surface area contributed by atoms with Gasteiger partial charge in [0.05, 0.1) is 6.26 Å². The molecule has 0 radical (unpaired) electrons. The van der Waals surface area contributed by atoms with Gasteiger partial charge in [-0.25, -0.2) is 8.42 Å². The highest BCUT2D eigenvalue weighted by Crippen LogP contribution is 2.45. The third kappa shape index (κ3) is 1.51. The molecule has 1 aromatic heterocycles. The summed E-state index contributed by atoms with van der Waals surface area (Å²) in [6.45, 7) is 3.74. The summed E-state index contributed by atoms with van der Waals surface area (Å²) in [7, 11) is -3.72. The highest BCUT2D eigenvalue weighted by Gasteiger charge is 2.57. The van der Waals surface area contributed by atoms with Crippen LogP contribution in [0.4, 0.5) is 0 Å². The molecule has 3 heterocycles. The van der Waals surface area contributed by atoms with E-state index in [2.05, 4.69) is 16.6 Å². The number of rotatable bonds is 3. The van der Waals surface area contributed by atoms with Crippen molar-refractivity contribution in [1.82, 2.24) is 10.0 Å². The molecule has 2 bridgehead atoms. The minimum Gasteiger partial charge on any atom is -0.471 e. The van der Waals surface area contributed by atoms with Crippen molar-refractivity contribution in [2.24, 2.45) is 5.92 Å². The summed E-state index contributed by atoms with van der Waals surface area (Å²) in [4.78, 5) is 11.9. The molecule has 4 rings (SSSR count). The van der Waals surface area contributed by atoms with Crippen LogP contribution in [-0.2, 0) is 14.8 Å². The average molecular weight is 268 g/mol. The summed E-state index contributed by atoms with van der Waals surface area (Å²) in [5.41, 5.74) is -0.355. The third-order valence-corrected chi connectivity index (χ3v) is 5.04. The highest BCUT2D eigenvalue weighted by atomic mass is 32.2. The van der Waals surface area contributed by atoms with Crippen LogP contribution in [0, 0.1) is 5.92 Å². The molecule has 18 heavy (non-hydrogen) atoms. The largest absolute Gasteiger partial charge is 0.471 e. The summed E-state index contributed by atoms with van der Waals surface area (Å²) in [5.74, 6) is -0.170. The average Bonchev–Trinajstić information content (AvgIpc) is 2.73. The molecule has 3 fully saturated rings. The van der Waals surface area contributed by atoms with Gasteiger partial charge in [-0.1, -0.05) is 6.58 Å². The zero-order valence-corrected chi connectivity index (χ0v) is 10.3. The highest BCUT2D eigenvalue weighted by molar-refractivity contribution is 7.89. The van der Waals surface area contributed by atoms with Gasteiger partial charge in [0.2, 0.25) is 15.9 Å². The van der Waals surface area contributed by atoms with E-state index in [9.17, 15) is 13.2 Å². The number of furan rings is 1. The molecule has 1 saturated carbocycles. The number of hydrogen-bond donors (Lipinski definition) is 2. The molecule has 1 aliphatic carbocycles. The van der Waals surface area contributed by atoms with E-state index in [1.54, 1.807) is 0 Å². The Kier molecular flexibility index (Phi) is 2.21. The normalized spacial score (nSPS) is 30.8. The molecule has 1 aromatic rings. The number of fused-ring (bicyclic) bond motifs is 2. The second kappa shape index (κ2) is 3.46. The van der Waals surface area contributed by atoms with Crippen molar-refractivity contribution >= 4 is 15.9 Å². The number of amides is 1. The fourth-order valence-electron chi connectivity index (χ4n) is 2.43. The van der Waals surface area contributed by atoms with E-state index in [1.165, 1.54) is 12.3 Å². The lowest BCUT2D eigenvalue weighted by Gasteiger charge is -2.51. The van der Waals surface area contributed by atoms with E-state index in [1.807, 2.05) is 0 Å². The van der Waals surface area contributed by atoms with Crippen LogP contribution in [0.15, 0.2) is 40.2 Å². The lowest BCUT2D eigenvalue weighted by atomic mass is 9.64. The molecule has 0 spiro atoms. The lowest BCUT2D eigenvalue weighted by Crippen LogP contribution is -2.70. The SMILES string of the molecule is C=C1NC(=O)C2(NS(=O)(=O)c3ccoc3)CC1C2. The molecule has 3 aliphatic rings. The van der Waals surface area contributed by atoms with Gasteiger partial charge in [0.1, 0.15) is 16.7 Å². The topological polar surface area (TPSA) is 88.4 Å². The number of carbonyl (C=O) groups is 1. The van der Waals surface area contributed by atoms with Gasteiger partial charge in [0, 0.05) is 11.6 Å². The minimum atomic E-state index is -3.72. The monoisotopic (exact) mass is 268 g/mol. The molecule has 0 atom stereocenters. The molecule has 2 N–H and O–H groups in total. The molecule has 0 unspecified atom stereocenters. The zero-order chi connectivity index (χ0) is 13.0. The molecular formula is C11H12N2O4S. The minimum absolute atomic E-state index is 0.0255. The molecular weight excluding hydrogens is 256 g/mol. The van der Waals surface area contributed by atoms with Crippen molar-refractivity contribution in [3.63, 3.8) is 0 Å². The number of sulfonamides is 1. The van der Waals surface area contributed by atoms with E-state index in [0.717, 1.165) is 6.26 Å². The number of nitrogens with one attached hydrogen (secondary N) is 2.